The van der Waals surface area contributed by atoms with Crippen molar-refractivity contribution in [1.82, 2.24) is 0 Å². The second kappa shape index (κ2) is 9.71. The first-order valence-corrected chi connectivity index (χ1v) is 6.55. The van der Waals surface area contributed by atoms with Crippen molar-refractivity contribution in [3.05, 3.63) is 0 Å². The molecule has 0 aromatic carbocycles. The van der Waals surface area contributed by atoms with Gasteiger partial charge in [-0.3, -0.25) is 0 Å². The Morgan fingerprint density at radius 2 is 1.08 bits per heavy atom. The van der Waals surface area contributed by atoms with E-state index in [-0.39, 0.29) is 10.8 Å². The average molecular weight is 266 g/mol. The number of rotatable bonds is 8. The lowest BCUT2D eigenvalue weighted by atomic mass is 10.1. The summed E-state index contributed by atoms with van der Waals surface area (Å²) in [5.41, 5.74) is 0. The average Bonchev–Trinajstić information content (AvgIpc) is 2.16. The van der Waals surface area contributed by atoms with Gasteiger partial charge in [0.25, 0.3) is 0 Å². The molecule has 0 saturated heterocycles. The van der Waals surface area contributed by atoms with Gasteiger partial charge in [-0.2, -0.15) is 0 Å². The highest BCUT2D eigenvalue weighted by Gasteiger charge is 2.04. The van der Waals surface area contributed by atoms with Crippen LogP contribution in [0.15, 0.2) is 0 Å². The summed E-state index contributed by atoms with van der Waals surface area (Å²) in [5, 5.41) is 0.253. The molecule has 0 aliphatic rings. The number of halogens is 4. The van der Waals surface area contributed by atoms with Gasteiger partial charge in [0.2, 0.25) is 0 Å². The highest BCUT2D eigenvalue weighted by atomic mass is 35.5. The summed E-state index contributed by atoms with van der Waals surface area (Å²) in [6.45, 7) is 0. The molecule has 0 aliphatic heterocycles. The van der Waals surface area contributed by atoms with E-state index in [1.54, 1.807) is 0 Å². The molecule has 80 valence electrons. The molecule has 13 heavy (non-hydrogen) atoms. The molecule has 4 heteroatoms. The fourth-order valence-electron chi connectivity index (χ4n) is 1.06. The van der Waals surface area contributed by atoms with Crippen molar-refractivity contribution in [3.8, 4) is 0 Å². The van der Waals surface area contributed by atoms with E-state index in [0.29, 0.717) is 11.8 Å². The van der Waals surface area contributed by atoms with Gasteiger partial charge >= 0.3 is 0 Å². The molecular weight excluding hydrogens is 250 g/mol. The van der Waals surface area contributed by atoms with Gasteiger partial charge in [-0.1, -0.05) is 19.3 Å². The molecule has 0 aliphatic carbocycles. The molecule has 0 aromatic rings. The smallest absolute Gasteiger partial charge is 0.0471 e. The molecule has 0 nitrogen and oxygen atoms in total. The summed E-state index contributed by atoms with van der Waals surface area (Å²) in [5.74, 6) is 1.09. The minimum Gasteiger partial charge on any atom is -0.125 e. The quantitative estimate of drug-likeness (QED) is 0.444. The van der Waals surface area contributed by atoms with Crippen LogP contribution in [0.4, 0.5) is 0 Å². The normalized spacial score (nSPS) is 15.7. The Labute approximate surface area is 101 Å². The van der Waals surface area contributed by atoms with Crippen LogP contribution in [0.25, 0.3) is 0 Å². The highest BCUT2D eigenvalue weighted by molar-refractivity contribution is 6.28. The molecule has 0 spiro atoms. The fraction of sp³-hybridized carbons (Fsp3) is 1.00. The van der Waals surface area contributed by atoms with E-state index in [1.807, 2.05) is 0 Å². The predicted molar refractivity (Wildman–Crippen MR) is 63.8 cm³/mol. The maximum Gasteiger partial charge on any atom is 0.0471 e. The van der Waals surface area contributed by atoms with Crippen molar-refractivity contribution < 1.29 is 0 Å². The molecule has 0 unspecified atom stereocenters. The molecule has 0 amide bonds. The van der Waals surface area contributed by atoms with Crippen LogP contribution in [-0.4, -0.2) is 22.5 Å². The maximum atomic E-state index is 5.85. The van der Waals surface area contributed by atoms with Crippen LogP contribution >= 0.6 is 46.4 Å². The zero-order valence-corrected chi connectivity index (χ0v) is 10.6. The maximum absolute atomic E-state index is 5.85. The molecule has 0 saturated carbocycles. The Kier molecular flexibility index (Phi) is 10.6. The molecule has 0 aromatic heterocycles. The molecule has 0 heterocycles. The monoisotopic (exact) mass is 264 g/mol. The van der Waals surface area contributed by atoms with Gasteiger partial charge in [0.05, 0.1) is 0 Å². The number of alkyl halides is 4. The van der Waals surface area contributed by atoms with Crippen molar-refractivity contribution in [3.63, 3.8) is 0 Å². The van der Waals surface area contributed by atoms with Crippen LogP contribution in [0, 0.1) is 0 Å². The Balaban J connectivity index is 3.08. The zero-order valence-electron chi connectivity index (χ0n) is 7.62. The van der Waals surface area contributed by atoms with Gasteiger partial charge in [0, 0.05) is 22.5 Å². The standard InChI is InChI=1S/C9H16Cl4/c10-6-8(12)4-2-1-3-5-9(13)7-11/h8-9H,1-7H2/t8-,9-/m0/s1. The van der Waals surface area contributed by atoms with Crippen LogP contribution in [0.3, 0.4) is 0 Å². The van der Waals surface area contributed by atoms with Crippen LogP contribution < -0.4 is 0 Å². The third-order valence-electron chi connectivity index (χ3n) is 1.87. The summed E-state index contributed by atoms with van der Waals surface area (Å²) < 4.78 is 0. The lowest BCUT2D eigenvalue weighted by Crippen LogP contribution is -2.01. The van der Waals surface area contributed by atoms with Crippen molar-refractivity contribution in [2.45, 2.75) is 42.9 Å². The van der Waals surface area contributed by atoms with Gasteiger partial charge < -0.3 is 0 Å². The molecule has 2 atom stereocenters. The molecule has 0 N–H and O–H groups in total. The van der Waals surface area contributed by atoms with E-state index in [2.05, 4.69) is 0 Å². The number of unbranched alkanes of at least 4 members (excludes halogenated alkanes) is 2. The summed E-state index contributed by atoms with van der Waals surface area (Å²) in [7, 11) is 0. The molecular formula is C9H16Cl4. The van der Waals surface area contributed by atoms with Gasteiger partial charge in [0.1, 0.15) is 0 Å². The van der Waals surface area contributed by atoms with Crippen molar-refractivity contribution in [1.29, 1.82) is 0 Å². The fourth-order valence-corrected chi connectivity index (χ4v) is 1.68. The largest absolute Gasteiger partial charge is 0.125 e. The minimum absolute atomic E-state index is 0.126. The summed E-state index contributed by atoms with van der Waals surface area (Å²) in [4.78, 5) is 0. The molecule has 0 rings (SSSR count). The number of hydrogen-bond donors (Lipinski definition) is 0. The molecule has 0 bridgehead atoms. The van der Waals surface area contributed by atoms with E-state index in [4.69, 9.17) is 46.4 Å². The lowest BCUT2D eigenvalue weighted by molar-refractivity contribution is 0.609. The van der Waals surface area contributed by atoms with Crippen LogP contribution in [0.2, 0.25) is 0 Å². The molecule has 0 fully saturated rings. The topological polar surface area (TPSA) is 0 Å². The Hall–Kier alpha value is 1.16. The Morgan fingerprint density at radius 1 is 0.692 bits per heavy atom. The minimum atomic E-state index is 0.126. The summed E-state index contributed by atoms with van der Waals surface area (Å²) >= 11 is 22.8. The first-order chi connectivity index (χ1) is 6.20. The summed E-state index contributed by atoms with van der Waals surface area (Å²) in [6.07, 6.45) is 5.43. The van der Waals surface area contributed by atoms with Crippen LogP contribution in [-0.2, 0) is 0 Å². The second-order valence-corrected chi connectivity index (χ2v) is 4.99. The summed E-state index contributed by atoms with van der Waals surface area (Å²) in [6, 6.07) is 0. The third kappa shape index (κ3) is 9.46. The van der Waals surface area contributed by atoms with E-state index in [0.717, 1.165) is 25.7 Å². The van der Waals surface area contributed by atoms with Gasteiger partial charge in [-0.15, -0.1) is 46.4 Å². The Morgan fingerprint density at radius 3 is 1.38 bits per heavy atom. The zero-order chi connectivity index (χ0) is 10.1. The van der Waals surface area contributed by atoms with E-state index in [1.165, 1.54) is 6.42 Å². The predicted octanol–water partition coefficient (Wildman–Crippen LogP) is 4.63. The second-order valence-electron chi connectivity index (χ2n) is 3.14. The van der Waals surface area contributed by atoms with Crippen LogP contribution in [0.5, 0.6) is 0 Å². The van der Waals surface area contributed by atoms with E-state index >= 15 is 0 Å². The Bertz CT molecular complexity index is 95.8. The van der Waals surface area contributed by atoms with Gasteiger partial charge in [-0.05, 0) is 12.8 Å². The molecule has 0 radical (unpaired) electrons. The van der Waals surface area contributed by atoms with Gasteiger partial charge in [0.15, 0.2) is 0 Å². The first kappa shape index (κ1) is 14.2. The third-order valence-corrected chi connectivity index (χ3v) is 3.68. The first-order valence-electron chi connectivity index (χ1n) is 4.60. The van der Waals surface area contributed by atoms with E-state index in [9.17, 15) is 0 Å². The van der Waals surface area contributed by atoms with Gasteiger partial charge in [-0.25, -0.2) is 0 Å². The highest BCUT2D eigenvalue weighted by Crippen LogP contribution is 2.14. The van der Waals surface area contributed by atoms with Crippen LogP contribution in [0.1, 0.15) is 32.1 Å². The number of hydrogen-bond acceptors (Lipinski definition) is 0. The SMILES string of the molecule is ClC[C@@H](Cl)CCCCC[C@H](Cl)CCl. The van der Waals surface area contributed by atoms with Crippen molar-refractivity contribution >= 4 is 46.4 Å². The van der Waals surface area contributed by atoms with Crippen molar-refractivity contribution in [2.75, 3.05) is 11.8 Å². The lowest BCUT2D eigenvalue weighted by Gasteiger charge is -2.06. The van der Waals surface area contributed by atoms with E-state index < -0.39 is 0 Å². The van der Waals surface area contributed by atoms with Crippen molar-refractivity contribution in [2.24, 2.45) is 0 Å².